The van der Waals surface area contributed by atoms with Crippen molar-refractivity contribution in [1.82, 2.24) is 0 Å². The molecule has 2 aromatic carbocycles. The molecular formula is C16H14ClNO2S2. The van der Waals surface area contributed by atoms with Gasteiger partial charge in [-0.15, -0.1) is 0 Å². The summed E-state index contributed by atoms with van der Waals surface area (Å²) in [6.07, 6.45) is 0. The van der Waals surface area contributed by atoms with Crippen molar-refractivity contribution in [2.24, 2.45) is 11.7 Å². The Balaban J connectivity index is 1.99. The van der Waals surface area contributed by atoms with Crippen LogP contribution in [0.15, 0.2) is 59.5 Å². The maximum Gasteiger partial charge on any atom is 0.182 e. The average molecular weight is 352 g/mol. The highest BCUT2D eigenvalue weighted by molar-refractivity contribution is 7.92. The fourth-order valence-corrected chi connectivity index (χ4v) is 5.54. The zero-order chi connectivity index (χ0) is 15.9. The second-order valence-electron chi connectivity index (χ2n) is 5.33. The van der Waals surface area contributed by atoms with E-state index in [-0.39, 0.29) is 16.8 Å². The molecular weight excluding hydrogens is 338 g/mol. The van der Waals surface area contributed by atoms with Gasteiger partial charge < -0.3 is 5.73 Å². The van der Waals surface area contributed by atoms with E-state index in [9.17, 15) is 8.42 Å². The van der Waals surface area contributed by atoms with Crippen molar-refractivity contribution in [3.8, 4) is 0 Å². The highest BCUT2D eigenvalue weighted by atomic mass is 35.5. The van der Waals surface area contributed by atoms with E-state index in [1.54, 1.807) is 42.5 Å². The predicted octanol–water partition coefficient (Wildman–Crippen LogP) is 3.18. The Bertz CT molecular complexity index is 804. The Kier molecular flexibility index (Phi) is 3.97. The van der Waals surface area contributed by atoms with Crippen LogP contribution in [-0.2, 0) is 9.84 Å². The Morgan fingerprint density at radius 3 is 2.18 bits per heavy atom. The molecule has 0 heterocycles. The number of sulfone groups is 1. The molecule has 2 aromatic rings. The molecule has 3 atom stereocenters. The lowest BCUT2D eigenvalue weighted by molar-refractivity contribution is 0.593. The van der Waals surface area contributed by atoms with Gasteiger partial charge in [-0.2, -0.15) is 0 Å². The first-order chi connectivity index (χ1) is 10.4. The first-order valence-electron chi connectivity index (χ1n) is 6.76. The van der Waals surface area contributed by atoms with Gasteiger partial charge in [0.15, 0.2) is 9.84 Å². The lowest BCUT2D eigenvalue weighted by Crippen LogP contribution is -2.17. The summed E-state index contributed by atoms with van der Waals surface area (Å²) in [5.41, 5.74) is 6.66. The summed E-state index contributed by atoms with van der Waals surface area (Å²) in [6, 6.07) is 15.6. The van der Waals surface area contributed by atoms with Crippen molar-refractivity contribution < 1.29 is 8.42 Å². The van der Waals surface area contributed by atoms with Crippen LogP contribution in [0.1, 0.15) is 11.5 Å². The molecule has 3 rings (SSSR count). The fraction of sp³-hybridized carbons (Fsp3) is 0.188. The maximum absolute atomic E-state index is 12.8. The third-order valence-corrected chi connectivity index (χ3v) is 6.72. The maximum atomic E-state index is 12.8. The molecule has 2 N–H and O–H groups in total. The Morgan fingerprint density at radius 1 is 1.05 bits per heavy atom. The molecule has 1 saturated carbocycles. The predicted molar refractivity (Wildman–Crippen MR) is 91.9 cm³/mol. The van der Waals surface area contributed by atoms with Gasteiger partial charge in [-0.1, -0.05) is 54.2 Å². The highest BCUT2D eigenvalue weighted by Crippen LogP contribution is 2.54. The normalized spacial score (nSPS) is 24.0. The Morgan fingerprint density at radius 2 is 1.64 bits per heavy atom. The first-order valence-corrected chi connectivity index (χ1v) is 9.10. The zero-order valence-electron chi connectivity index (χ0n) is 11.5. The minimum Gasteiger partial charge on any atom is -0.393 e. The largest absolute Gasteiger partial charge is 0.393 e. The van der Waals surface area contributed by atoms with Crippen LogP contribution in [0, 0.1) is 5.92 Å². The van der Waals surface area contributed by atoms with E-state index in [0.717, 1.165) is 5.56 Å². The number of thiocarbonyl (C=S) groups is 1. The zero-order valence-corrected chi connectivity index (χ0v) is 13.9. The molecule has 0 aliphatic heterocycles. The summed E-state index contributed by atoms with van der Waals surface area (Å²) >= 11 is 11.0. The lowest BCUT2D eigenvalue weighted by atomic mass is 10.1. The van der Waals surface area contributed by atoms with Crippen LogP contribution in [0.5, 0.6) is 0 Å². The van der Waals surface area contributed by atoms with Gasteiger partial charge in [0.2, 0.25) is 0 Å². The van der Waals surface area contributed by atoms with Crippen molar-refractivity contribution in [2.75, 3.05) is 0 Å². The van der Waals surface area contributed by atoms with Crippen LogP contribution < -0.4 is 5.73 Å². The summed E-state index contributed by atoms with van der Waals surface area (Å²) in [4.78, 5) is 0.544. The summed E-state index contributed by atoms with van der Waals surface area (Å²) in [5.74, 6) is -0.540. The Hall–Kier alpha value is -1.43. The minimum absolute atomic E-state index is 0.208. The molecule has 1 aliphatic rings. The van der Waals surface area contributed by atoms with Crippen LogP contribution in [0.3, 0.4) is 0 Å². The van der Waals surface area contributed by atoms with Gasteiger partial charge in [0.05, 0.1) is 15.1 Å². The van der Waals surface area contributed by atoms with E-state index in [1.165, 1.54) is 0 Å². The number of hydrogen-bond donors (Lipinski definition) is 1. The molecule has 0 aromatic heterocycles. The molecule has 3 nitrogen and oxygen atoms in total. The monoisotopic (exact) mass is 351 g/mol. The van der Waals surface area contributed by atoms with Crippen LogP contribution >= 0.6 is 23.8 Å². The second-order valence-corrected chi connectivity index (χ2v) is 8.34. The van der Waals surface area contributed by atoms with E-state index in [4.69, 9.17) is 29.6 Å². The van der Waals surface area contributed by atoms with Crippen LogP contribution in [0.2, 0.25) is 5.02 Å². The summed E-state index contributed by atoms with van der Waals surface area (Å²) in [6.45, 7) is 0. The smallest absolute Gasteiger partial charge is 0.182 e. The van der Waals surface area contributed by atoms with Gasteiger partial charge in [0.25, 0.3) is 0 Å². The fourth-order valence-electron chi connectivity index (χ4n) is 2.86. The van der Waals surface area contributed by atoms with Crippen molar-refractivity contribution in [3.63, 3.8) is 0 Å². The lowest BCUT2D eigenvalue weighted by Gasteiger charge is -2.04. The molecule has 0 spiro atoms. The SMILES string of the molecule is NC(=S)[C@H]1[C@H](c2ccc(Cl)cc2)[C@@H]1S(=O)(=O)c1ccccc1. The van der Waals surface area contributed by atoms with Crippen LogP contribution in [0.25, 0.3) is 0 Å². The van der Waals surface area contributed by atoms with Crippen molar-refractivity contribution in [1.29, 1.82) is 0 Å². The van der Waals surface area contributed by atoms with Gasteiger partial charge >= 0.3 is 0 Å². The molecule has 114 valence electrons. The molecule has 0 radical (unpaired) electrons. The quantitative estimate of drug-likeness (QED) is 0.859. The average Bonchev–Trinajstić information content (AvgIpc) is 3.25. The van der Waals surface area contributed by atoms with Gasteiger partial charge in [0, 0.05) is 16.9 Å². The summed E-state index contributed by atoms with van der Waals surface area (Å²) in [7, 11) is -3.47. The van der Waals surface area contributed by atoms with Crippen molar-refractivity contribution in [2.45, 2.75) is 16.1 Å². The van der Waals surface area contributed by atoms with E-state index in [1.807, 2.05) is 12.1 Å². The number of halogens is 1. The third-order valence-electron chi connectivity index (χ3n) is 3.97. The molecule has 1 aliphatic carbocycles. The second kappa shape index (κ2) is 5.65. The van der Waals surface area contributed by atoms with Crippen LogP contribution in [-0.4, -0.2) is 18.7 Å². The van der Waals surface area contributed by atoms with Crippen LogP contribution in [0.4, 0.5) is 0 Å². The van der Waals surface area contributed by atoms with Gasteiger partial charge in [-0.3, -0.25) is 0 Å². The molecule has 0 unspecified atom stereocenters. The van der Waals surface area contributed by atoms with E-state index >= 15 is 0 Å². The number of nitrogens with two attached hydrogens (primary N) is 1. The number of rotatable bonds is 4. The molecule has 0 amide bonds. The van der Waals surface area contributed by atoms with Crippen molar-refractivity contribution >= 4 is 38.6 Å². The van der Waals surface area contributed by atoms with E-state index < -0.39 is 15.1 Å². The standard InChI is InChI=1S/C16H14ClNO2S2/c17-11-8-6-10(7-9-11)13-14(16(18)21)15(13)22(19,20)12-4-2-1-3-5-12/h1-9,13-15H,(H2,18,21)/t13-,14-,15-/m0/s1. The topological polar surface area (TPSA) is 60.2 Å². The first kappa shape index (κ1) is 15.5. The molecule has 6 heteroatoms. The van der Waals surface area contributed by atoms with E-state index in [2.05, 4.69) is 0 Å². The van der Waals surface area contributed by atoms with Gasteiger partial charge in [0.1, 0.15) is 0 Å². The van der Waals surface area contributed by atoms with Gasteiger partial charge in [-0.25, -0.2) is 8.42 Å². The van der Waals surface area contributed by atoms with Crippen molar-refractivity contribution in [3.05, 3.63) is 65.2 Å². The highest BCUT2D eigenvalue weighted by Gasteiger charge is 2.60. The molecule has 22 heavy (non-hydrogen) atoms. The summed E-state index contributed by atoms with van der Waals surface area (Å²) in [5, 5.41) is 0.00678. The number of benzene rings is 2. The summed E-state index contributed by atoms with van der Waals surface area (Å²) < 4.78 is 25.6. The molecule has 0 saturated heterocycles. The molecule has 0 bridgehead atoms. The molecule has 1 fully saturated rings. The van der Waals surface area contributed by atoms with E-state index in [0.29, 0.717) is 9.92 Å². The Labute approximate surface area is 140 Å². The third kappa shape index (κ3) is 2.64. The number of hydrogen-bond acceptors (Lipinski definition) is 3. The minimum atomic E-state index is -3.47. The van der Waals surface area contributed by atoms with Gasteiger partial charge in [-0.05, 0) is 29.8 Å².